The topological polar surface area (TPSA) is 162 Å². The maximum atomic E-state index is 10.8. The van der Waals surface area contributed by atoms with Crippen LogP contribution in [-0.4, -0.2) is 43.1 Å². The van der Waals surface area contributed by atoms with Crippen LogP contribution in [0.5, 0.6) is 0 Å². The third-order valence-electron chi connectivity index (χ3n) is 0.976. The summed E-state index contributed by atoms with van der Waals surface area (Å²) in [5, 5.41) is 16.9. The van der Waals surface area contributed by atoms with Crippen LogP contribution < -0.4 is 0 Å². The molecule has 9 nitrogen and oxygen atoms in total. The molecule has 11 heteroatoms. The summed E-state index contributed by atoms with van der Waals surface area (Å²) in [6.07, 6.45) is 0. The van der Waals surface area contributed by atoms with Crippen molar-refractivity contribution in [1.82, 2.24) is 0 Å². The summed E-state index contributed by atoms with van der Waals surface area (Å²) in [5.41, 5.74) is 0. The summed E-state index contributed by atoms with van der Waals surface area (Å²) >= 11 is 0. The second-order valence-electron chi connectivity index (χ2n) is 2.13. The number of hydrogen-bond acceptors (Lipinski definition) is 6. The first-order valence-electron chi connectivity index (χ1n) is 3.01. The van der Waals surface area contributed by atoms with Crippen molar-refractivity contribution in [2.45, 2.75) is 5.85 Å². The van der Waals surface area contributed by atoms with Gasteiger partial charge in [-0.1, -0.05) is 0 Å². The Hall–Kier alpha value is -0.110. The van der Waals surface area contributed by atoms with E-state index in [9.17, 15) is 13.9 Å². The van der Waals surface area contributed by atoms with Gasteiger partial charge in [0.25, 0.3) is 0 Å². The van der Waals surface area contributed by atoms with Crippen LogP contribution in [0, 0.1) is 0 Å². The normalized spacial score (nSPS) is 18.6. The number of carbonyl (C=O) groups is 1. The van der Waals surface area contributed by atoms with E-state index in [1.807, 2.05) is 0 Å². The molecule has 0 saturated heterocycles. The van der Waals surface area contributed by atoms with Gasteiger partial charge in [-0.2, -0.15) is 0 Å². The Morgan fingerprint density at radius 2 is 1.71 bits per heavy atom. The molecule has 0 saturated carbocycles. The standard InChI is InChI=1S/C3H8O9P2/c4-1-2(5)3(6)13(7,8)12-14(9,10)11/h3-4,6H,1H2,(H,7,8)(H2,9,10,11). The molecule has 0 aromatic carbocycles. The molecular formula is C3H8O9P2. The minimum absolute atomic E-state index is 1.25. The number of phosphoric acid groups is 1. The summed E-state index contributed by atoms with van der Waals surface area (Å²) in [6, 6.07) is 0. The lowest BCUT2D eigenvalue weighted by Crippen LogP contribution is -2.24. The van der Waals surface area contributed by atoms with Crippen LogP contribution in [0.4, 0.5) is 0 Å². The van der Waals surface area contributed by atoms with E-state index >= 15 is 0 Å². The highest BCUT2D eigenvalue weighted by Crippen LogP contribution is 2.59. The molecule has 0 rings (SSSR count). The number of aliphatic hydroxyl groups is 2. The molecule has 0 aliphatic heterocycles. The minimum Gasteiger partial charge on any atom is -0.388 e. The van der Waals surface area contributed by atoms with Crippen LogP contribution in [0.3, 0.4) is 0 Å². The first-order chi connectivity index (χ1) is 6.10. The average Bonchev–Trinajstić information content (AvgIpc) is 1.97. The number of aliphatic hydroxyl groups excluding tert-OH is 2. The van der Waals surface area contributed by atoms with E-state index in [1.54, 1.807) is 0 Å². The van der Waals surface area contributed by atoms with Gasteiger partial charge >= 0.3 is 15.4 Å². The van der Waals surface area contributed by atoms with Gasteiger partial charge in [0, 0.05) is 0 Å². The van der Waals surface area contributed by atoms with E-state index < -0.39 is 33.7 Å². The zero-order valence-electron chi connectivity index (χ0n) is 6.55. The lowest BCUT2D eigenvalue weighted by atomic mass is 10.4. The third kappa shape index (κ3) is 4.41. The fourth-order valence-corrected chi connectivity index (χ4v) is 2.48. The molecule has 0 bridgehead atoms. The first-order valence-corrected chi connectivity index (χ1v) is 6.19. The van der Waals surface area contributed by atoms with Crippen molar-refractivity contribution < 1.29 is 43.1 Å². The zero-order chi connectivity index (χ0) is 11.6. The Morgan fingerprint density at radius 3 is 2.00 bits per heavy atom. The molecule has 0 spiro atoms. The molecule has 14 heavy (non-hydrogen) atoms. The van der Waals surface area contributed by atoms with E-state index in [1.165, 1.54) is 0 Å². The Bertz CT molecular complexity index is 303. The van der Waals surface area contributed by atoms with Gasteiger partial charge in [-0.25, -0.2) is 8.88 Å². The van der Waals surface area contributed by atoms with Gasteiger partial charge in [-0.05, 0) is 0 Å². The van der Waals surface area contributed by atoms with Crippen molar-refractivity contribution in [2.75, 3.05) is 6.61 Å². The van der Waals surface area contributed by atoms with E-state index in [-0.39, 0.29) is 0 Å². The molecule has 5 N–H and O–H groups in total. The Balaban J connectivity index is 4.71. The highest BCUT2D eigenvalue weighted by atomic mass is 31.3. The molecular weight excluding hydrogens is 242 g/mol. The Morgan fingerprint density at radius 1 is 1.29 bits per heavy atom. The van der Waals surface area contributed by atoms with Gasteiger partial charge in [0.2, 0.25) is 5.85 Å². The molecule has 2 unspecified atom stereocenters. The van der Waals surface area contributed by atoms with Gasteiger partial charge in [0.15, 0.2) is 5.78 Å². The maximum absolute atomic E-state index is 10.8. The maximum Gasteiger partial charge on any atom is 0.476 e. The van der Waals surface area contributed by atoms with Gasteiger partial charge in [0.05, 0.1) is 0 Å². The van der Waals surface area contributed by atoms with E-state index in [2.05, 4.69) is 4.31 Å². The lowest BCUT2D eigenvalue weighted by Gasteiger charge is -2.16. The van der Waals surface area contributed by atoms with Crippen LogP contribution in [-0.2, 0) is 18.2 Å². The zero-order valence-corrected chi connectivity index (χ0v) is 8.34. The van der Waals surface area contributed by atoms with E-state index in [0.29, 0.717) is 0 Å². The summed E-state index contributed by atoms with van der Waals surface area (Å²) in [6.45, 7) is -1.25. The molecule has 0 radical (unpaired) electrons. The summed E-state index contributed by atoms with van der Waals surface area (Å²) < 4.78 is 24.2. The first kappa shape index (κ1) is 13.9. The van der Waals surface area contributed by atoms with Crippen LogP contribution in [0.25, 0.3) is 0 Å². The molecule has 84 valence electrons. The van der Waals surface area contributed by atoms with E-state index in [4.69, 9.17) is 24.9 Å². The van der Waals surface area contributed by atoms with Crippen molar-refractivity contribution in [1.29, 1.82) is 0 Å². The monoisotopic (exact) mass is 250 g/mol. The molecule has 0 heterocycles. The van der Waals surface area contributed by atoms with Crippen molar-refractivity contribution in [3.63, 3.8) is 0 Å². The quantitative estimate of drug-likeness (QED) is 0.353. The van der Waals surface area contributed by atoms with Crippen LogP contribution in [0.1, 0.15) is 0 Å². The van der Waals surface area contributed by atoms with Crippen molar-refractivity contribution >= 4 is 21.2 Å². The average molecular weight is 250 g/mol. The highest BCUT2D eigenvalue weighted by molar-refractivity contribution is 7.64. The molecule has 2 atom stereocenters. The Labute approximate surface area is 77.7 Å². The Kier molecular flexibility index (Phi) is 4.57. The second-order valence-corrected chi connectivity index (χ2v) is 5.39. The van der Waals surface area contributed by atoms with Crippen molar-refractivity contribution in [3.8, 4) is 0 Å². The van der Waals surface area contributed by atoms with Crippen LogP contribution >= 0.6 is 15.4 Å². The number of ketones is 1. The van der Waals surface area contributed by atoms with Crippen LogP contribution in [0.2, 0.25) is 0 Å². The highest BCUT2D eigenvalue weighted by Gasteiger charge is 2.41. The number of carbonyl (C=O) groups excluding carboxylic acids is 1. The number of rotatable bonds is 5. The molecule has 0 amide bonds. The minimum atomic E-state index is -5.30. The number of hydrogen-bond donors (Lipinski definition) is 5. The fourth-order valence-electron chi connectivity index (χ4n) is 0.461. The SMILES string of the molecule is O=C(CO)C(O)P(=O)(O)OP(=O)(O)O. The molecule has 0 aromatic rings. The molecule has 0 aliphatic rings. The fraction of sp³-hybridized carbons (Fsp3) is 0.667. The van der Waals surface area contributed by atoms with Gasteiger partial charge in [0.1, 0.15) is 6.61 Å². The van der Waals surface area contributed by atoms with E-state index in [0.717, 1.165) is 0 Å². The smallest absolute Gasteiger partial charge is 0.388 e. The van der Waals surface area contributed by atoms with Crippen molar-refractivity contribution in [2.24, 2.45) is 0 Å². The van der Waals surface area contributed by atoms with Gasteiger partial charge in [-0.3, -0.25) is 9.36 Å². The summed E-state index contributed by atoms with van der Waals surface area (Å²) in [7, 11) is -10.5. The van der Waals surface area contributed by atoms with Crippen LogP contribution in [0.15, 0.2) is 0 Å². The second kappa shape index (κ2) is 4.61. The molecule has 0 fully saturated rings. The largest absolute Gasteiger partial charge is 0.476 e. The predicted octanol–water partition coefficient (Wildman–Crippen LogP) is -1.84. The van der Waals surface area contributed by atoms with Crippen molar-refractivity contribution in [3.05, 3.63) is 0 Å². The molecule has 0 aliphatic carbocycles. The van der Waals surface area contributed by atoms with Gasteiger partial charge in [-0.15, -0.1) is 0 Å². The number of Topliss-reactive ketones (excluding diaryl/α,β-unsaturated/α-hetero) is 1. The molecule has 0 aromatic heterocycles. The third-order valence-corrected chi connectivity index (χ3v) is 3.67. The summed E-state index contributed by atoms with van der Waals surface area (Å²) in [5.74, 6) is -4.16. The lowest BCUT2D eigenvalue weighted by molar-refractivity contribution is -0.126. The predicted molar refractivity (Wildman–Crippen MR) is 41.1 cm³/mol. The summed E-state index contributed by atoms with van der Waals surface area (Å²) in [4.78, 5) is 35.4. The van der Waals surface area contributed by atoms with Gasteiger partial charge < -0.3 is 24.9 Å².